The predicted octanol–water partition coefficient (Wildman–Crippen LogP) is 4.09. The van der Waals surface area contributed by atoms with Crippen molar-refractivity contribution >= 4 is 11.9 Å². The quantitative estimate of drug-likeness (QED) is 0.0365. The van der Waals surface area contributed by atoms with Gasteiger partial charge in [-0.25, -0.2) is 0 Å². The highest BCUT2D eigenvalue weighted by molar-refractivity contribution is 5.70. The number of ether oxygens (including phenoxy) is 6. The van der Waals surface area contributed by atoms with Crippen molar-refractivity contribution in [3.05, 3.63) is 0 Å². The standard InChI is InChI=1S/C42H78O15/c1-3-5-7-9-11-12-13-14-15-16-17-19-21-23-25-34(45)55-30(27-52-33(44)24-22-20-18-10-8-6-4-2)28-53-41-40(51)38(49)36(47)32(57-41)29-54-42-39(50)37(48)35(46)31(26-43)56-42/h30-32,35-43,46-51H,3-29H2,1-2H3. The van der Waals surface area contributed by atoms with Crippen LogP contribution in [0.3, 0.4) is 0 Å². The van der Waals surface area contributed by atoms with Crippen LogP contribution in [0.5, 0.6) is 0 Å². The highest BCUT2D eigenvalue weighted by atomic mass is 16.7. The molecule has 2 aliphatic rings. The van der Waals surface area contributed by atoms with E-state index in [4.69, 9.17) is 28.4 Å². The molecule has 2 rings (SSSR count). The Bertz CT molecular complexity index is 1020. The minimum atomic E-state index is -1.76. The van der Waals surface area contributed by atoms with Gasteiger partial charge in [-0.2, -0.15) is 0 Å². The first-order chi connectivity index (χ1) is 27.5. The van der Waals surface area contributed by atoms with Crippen molar-refractivity contribution in [1.82, 2.24) is 0 Å². The first-order valence-electron chi connectivity index (χ1n) is 22.1. The lowest BCUT2D eigenvalue weighted by Gasteiger charge is -2.42. The molecule has 0 aliphatic carbocycles. The third kappa shape index (κ3) is 21.0. The molecular weight excluding hydrogens is 744 g/mol. The average Bonchev–Trinajstić information content (AvgIpc) is 3.20. The van der Waals surface area contributed by atoms with Crippen molar-refractivity contribution in [1.29, 1.82) is 0 Å². The van der Waals surface area contributed by atoms with Crippen LogP contribution in [0.1, 0.15) is 162 Å². The molecule has 57 heavy (non-hydrogen) atoms. The maximum absolute atomic E-state index is 12.9. The topological polar surface area (TPSA) is 231 Å². The molecule has 0 amide bonds. The Hall–Kier alpha value is -1.50. The molecule has 0 spiro atoms. The molecule has 15 heteroatoms. The summed E-state index contributed by atoms with van der Waals surface area (Å²) in [6.07, 6.45) is 7.47. The molecular formula is C42H78O15. The van der Waals surface area contributed by atoms with Crippen molar-refractivity contribution in [3.8, 4) is 0 Å². The monoisotopic (exact) mass is 823 g/mol. The van der Waals surface area contributed by atoms with Gasteiger partial charge in [0.1, 0.15) is 55.4 Å². The third-order valence-electron chi connectivity index (χ3n) is 10.8. The first kappa shape index (κ1) is 51.6. The number of esters is 2. The van der Waals surface area contributed by atoms with E-state index in [1.165, 1.54) is 77.0 Å². The molecule has 7 N–H and O–H groups in total. The minimum absolute atomic E-state index is 0.172. The van der Waals surface area contributed by atoms with Crippen LogP contribution in [-0.4, -0.2) is 142 Å². The molecule has 0 aromatic rings. The van der Waals surface area contributed by atoms with E-state index in [0.717, 1.165) is 44.9 Å². The molecule has 11 unspecified atom stereocenters. The fourth-order valence-electron chi connectivity index (χ4n) is 7.10. The first-order valence-corrected chi connectivity index (χ1v) is 22.1. The molecule has 11 atom stereocenters. The second-order valence-electron chi connectivity index (χ2n) is 15.9. The second kappa shape index (κ2) is 31.4. The summed E-state index contributed by atoms with van der Waals surface area (Å²) in [6.45, 7) is 2.53. The van der Waals surface area contributed by atoms with Gasteiger partial charge in [-0.3, -0.25) is 9.59 Å². The number of rotatable bonds is 33. The molecule has 2 heterocycles. The maximum atomic E-state index is 12.9. The Labute approximate surface area is 340 Å². The summed E-state index contributed by atoms with van der Waals surface area (Å²) in [5, 5.41) is 71.7. The highest BCUT2D eigenvalue weighted by Gasteiger charge is 2.47. The summed E-state index contributed by atoms with van der Waals surface area (Å²) < 4.78 is 33.3. The molecule has 336 valence electrons. The number of hydrogen-bond acceptors (Lipinski definition) is 15. The molecule has 0 aromatic carbocycles. The lowest BCUT2D eigenvalue weighted by Crippen LogP contribution is -2.61. The Morgan fingerprint density at radius 1 is 0.491 bits per heavy atom. The van der Waals surface area contributed by atoms with Gasteiger partial charge in [0.15, 0.2) is 18.7 Å². The van der Waals surface area contributed by atoms with E-state index < -0.39 is 92.7 Å². The number of aliphatic hydroxyl groups excluding tert-OH is 7. The van der Waals surface area contributed by atoms with E-state index in [1.54, 1.807) is 0 Å². The fraction of sp³-hybridized carbons (Fsp3) is 0.952. The molecule has 15 nitrogen and oxygen atoms in total. The molecule has 0 saturated carbocycles. The van der Waals surface area contributed by atoms with Gasteiger partial charge in [0.05, 0.1) is 19.8 Å². The zero-order chi connectivity index (χ0) is 41.8. The summed E-state index contributed by atoms with van der Waals surface area (Å²) in [7, 11) is 0. The Balaban J connectivity index is 1.85. The SMILES string of the molecule is CCCCCCCCCCCCCCCCC(=O)OC(COC(=O)CCCCCCCCC)COC1OC(COC2OC(CO)C(O)C(O)C2O)C(O)C(O)C1O. The van der Waals surface area contributed by atoms with Crippen molar-refractivity contribution in [3.63, 3.8) is 0 Å². The predicted molar refractivity (Wildman–Crippen MR) is 211 cm³/mol. The number of carbonyl (C=O) groups is 2. The lowest BCUT2D eigenvalue weighted by molar-refractivity contribution is -0.332. The number of unbranched alkanes of at least 4 members (excludes halogenated alkanes) is 19. The Morgan fingerprint density at radius 3 is 1.37 bits per heavy atom. The number of aliphatic hydroxyl groups is 7. The highest BCUT2D eigenvalue weighted by Crippen LogP contribution is 2.26. The number of carbonyl (C=O) groups excluding carboxylic acids is 2. The molecule has 0 bridgehead atoms. The summed E-state index contributed by atoms with van der Waals surface area (Å²) >= 11 is 0. The van der Waals surface area contributed by atoms with Crippen LogP contribution < -0.4 is 0 Å². The molecule has 2 aliphatic heterocycles. The second-order valence-corrected chi connectivity index (χ2v) is 15.9. The van der Waals surface area contributed by atoms with Crippen LogP contribution in [0.15, 0.2) is 0 Å². The zero-order valence-corrected chi connectivity index (χ0v) is 34.8. The van der Waals surface area contributed by atoms with Crippen molar-refractivity contribution in [2.24, 2.45) is 0 Å². The molecule has 2 saturated heterocycles. The van der Waals surface area contributed by atoms with Gasteiger partial charge in [-0.1, -0.05) is 136 Å². The maximum Gasteiger partial charge on any atom is 0.306 e. The molecule has 2 fully saturated rings. The molecule has 0 radical (unpaired) electrons. The van der Waals surface area contributed by atoms with Gasteiger partial charge in [-0.05, 0) is 12.8 Å². The summed E-state index contributed by atoms with van der Waals surface area (Å²) in [5.74, 6) is -0.925. The Morgan fingerprint density at radius 2 is 0.895 bits per heavy atom. The van der Waals surface area contributed by atoms with E-state index >= 15 is 0 Å². The fourth-order valence-corrected chi connectivity index (χ4v) is 7.10. The van der Waals surface area contributed by atoms with Gasteiger partial charge < -0.3 is 64.2 Å². The van der Waals surface area contributed by atoms with E-state index in [2.05, 4.69) is 13.8 Å². The minimum Gasteiger partial charge on any atom is -0.462 e. The van der Waals surface area contributed by atoms with Crippen LogP contribution in [0.25, 0.3) is 0 Å². The van der Waals surface area contributed by atoms with Crippen LogP contribution in [0.2, 0.25) is 0 Å². The average molecular weight is 823 g/mol. The van der Waals surface area contributed by atoms with E-state index in [-0.39, 0.29) is 26.1 Å². The summed E-state index contributed by atoms with van der Waals surface area (Å²) in [4.78, 5) is 25.4. The van der Waals surface area contributed by atoms with Crippen LogP contribution in [0.4, 0.5) is 0 Å². The van der Waals surface area contributed by atoms with Gasteiger partial charge >= 0.3 is 11.9 Å². The van der Waals surface area contributed by atoms with Gasteiger partial charge in [-0.15, -0.1) is 0 Å². The normalized spacial score (nSPS) is 28.3. The largest absolute Gasteiger partial charge is 0.462 e. The van der Waals surface area contributed by atoms with Gasteiger partial charge in [0.2, 0.25) is 0 Å². The lowest BCUT2D eigenvalue weighted by atomic mass is 9.98. The van der Waals surface area contributed by atoms with E-state index in [1.807, 2.05) is 0 Å². The van der Waals surface area contributed by atoms with Crippen LogP contribution >= 0.6 is 0 Å². The smallest absolute Gasteiger partial charge is 0.306 e. The molecule has 0 aromatic heterocycles. The van der Waals surface area contributed by atoms with Crippen molar-refractivity contribution < 1.29 is 73.8 Å². The van der Waals surface area contributed by atoms with Gasteiger partial charge in [0.25, 0.3) is 0 Å². The van der Waals surface area contributed by atoms with E-state index in [0.29, 0.717) is 12.8 Å². The summed E-state index contributed by atoms with van der Waals surface area (Å²) in [5.41, 5.74) is 0. The van der Waals surface area contributed by atoms with Crippen LogP contribution in [0, 0.1) is 0 Å². The van der Waals surface area contributed by atoms with Crippen molar-refractivity contribution in [2.45, 2.75) is 229 Å². The Kier molecular flexibility index (Phi) is 28.4. The van der Waals surface area contributed by atoms with Crippen molar-refractivity contribution in [2.75, 3.05) is 26.4 Å². The third-order valence-corrected chi connectivity index (χ3v) is 10.8. The van der Waals surface area contributed by atoms with E-state index in [9.17, 15) is 45.3 Å². The zero-order valence-electron chi connectivity index (χ0n) is 34.8. The summed E-state index contributed by atoms with van der Waals surface area (Å²) in [6, 6.07) is 0. The van der Waals surface area contributed by atoms with Crippen LogP contribution in [-0.2, 0) is 38.0 Å². The number of hydrogen-bond donors (Lipinski definition) is 7. The van der Waals surface area contributed by atoms with Gasteiger partial charge in [0, 0.05) is 12.8 Å².